The number of anilines is 1. The molecule has 0 aliphatic carbocycles. The molecule has 2 aromatic rings. The van der Waals surface area contributed by atoms with Gasteiger partial charge in [-0.1, -0.05) is 55.8 Å². The Bertz CT molecular complexity index is 850. The molecule has 0 saturated carbocycles. The number of carbonyl (C=O) groups is 1. The Morgan fingerprint density at radius 1 is 1.32 bits per heavy atom. The summed E-state index contributed by atoms with van der Waals surface area (Å²) >= 11 is 6.47. The number of aromatic nitrogens is 2. The number of amides is 1. The molecule has 1 fully saturated rings. The van der Waals surface area contributed by atoms with Gasteiger partial charge in [-0.05, 0) is 18.9 Å². The van der Waals surface area contributed by atoms with Gasteiger partial charge in [-0.15, -0.1) is 0 Å². The average molecular weight is 408 g/mol. The van der Waals surface area contributed by atoms with Gasteiger partial charge in [-0.25, -0.2) is 9.07 Å². The molecule has 1 unspecified atom stereocenters. The lowest BCUT2D eigenvalue weighted by Crippen LogP contribution is -2.32. The molecule has 1 atom stereocenters. The molecule has 1 amide bonds. The van der Waals surface area contributed by atoms with Crippen molar-refractivity contribution in [2.24, 2.45) is 5.73 Å². The van der Waals surface area contributed by atoms with Crippen molar-refractivity contribution in [3.63, 3.8) is 0 Å². The molecule has 1 aliphatic rings. The number of aryl methyl sites for hydroxylation is 1. The van der Waals surface area contributed by atoms with E-state index in [1.54, 1.807) is 6.92 Å². The van der Waals surface area contributed by atoms with Gasteiger partial charge < -0.3 is 16.4 Å². The molecule has 1 saturated heterocycles. The summed E-state index contributed by atoms with van der Waals surface area (Å²) in [5.41, 5.74) is 14.6. The molecule has 0 radical (unpaired) electrons. The van der Waals surface area contributed by atoms with Crippen molar-refractivity contribution in [1.82, 2.24) is 14.7 Å². The van der Waals surface area contributed by atoms with E-state index in [9.17, 15) is 9.18 Å². The van der Waals surface area contributed by atoms with E-state index < -0.39 is 6.17 Å². The van der Waals surface area contributed by atoms with Crippen LogP contribution in [0, 0.1) is 6.92 Å². The third kappa shape index (κ3) is 4.65. The number of hydrogen-bond acceptors (Lipinski definition) is 4. The smallest absolute Gasteiger partial charge is 0.244 e. The summed E-state index contributed by atoms with van der Waals surface area (Å²) < 4.78 is 14.7. The third-order valence-corrected chi connectivity index (χ3v) is 4.87. The monoisotopic (exact) mass is 407 g/mol. The Hall–Kier alpha value is -2.54. The van der Waals surface area contributed by atoms with E-state index in [2.05, 4.69) is 5.10 Å². The average Bonchev–Trinajstić information content (AvgIpc) is 3.26. The second kappa shape index (κ2) is 9.59. The zero-order valence-electron chi connectivity index (χ0n) is 16.5. The van der Waals surface area contributed by atoms with E-state index in [1.807, 2.05) is 44.2 Å². The van der Waals surface area contributed by atoms with Crippen LogP contribution in [0.4, 0.5) is 10.2 Å². The summed E-state index contributed by atoms with van der Waals surface area (Å²) in [4.78, 5) is 13.8. The standard InChI is InChI=1S/C18H21ClFN5O.C2H6/c1-11-15(16(19)17(21)12-5-3-2-4-6-12)18(22)25(23-11)10-14(26)24-8-7-13(20)9-24;1-2/h2-6,13H,7-10,21-22H2,1H3;1-2H3/b17-16+;. The number of nitrogens with two attached hydrogens (primary N) is 2. The summed E-state index contributed by atoms with van der Waals surface area (Å²) in [5, 5.41) is 4.60. The van der Waals surface area contributed by atoms with Crippen molar-refractivity contribution in [3.05, 3.63) is 47.2 Å². The first-order chi connectivity index (χ1) is 13.4. The van der Waals surface area contributed by atoms with Crippen LogP contribution in [0.15, 0.2) is 30.3 Å². The number of nitrogen functional groups attached to an aromatic ring is 1. The number of hydrogen-bond donors (Lipinski definition) is 2. The summed E-state index contributed by atoms with van der Waals surface area (Å²) in [6.07, 6.45) is -0.596. The predicted octanol–water partition coefficient (Wildman–Crippen LogP) is 3.39. The van der Waals surface area contributed by atoms with Crippen molar-refractivity contribution < 1.29 is 9.18 Å². The maximum atomic E-state index is 13.3. The minimum Gasteiger partial charge on any atom is -0.397 e. The highest BCUT2D eigenvalue weighted by Crippen LogP contribution is 2.32. The van der Waals surface area contributed by atoms with Crippen LogP contribution in [0.2, 0.25) is 0 Å². The third-order valence-electron chi connectivity index (χ3n) is 4.48. The number of nitrogens with zero attached hydrogens (tertiary/aromatic N) is 3. The molecule has 1 aromatic heterocycles. The van der Waals surface area contributed by atoms with Gasteiger partial charge in [0.1, 0.15) is 18.5 Å². The lowest BCUT2D eigenvalue weighted by Gasteiger charge is -2.15. The number of likely N-dealkylation sites (tertiary alicyclic amines) is 1. The molecule has 0 spiro atoms. The van der Waals surface area contributed by atoms with E-state index in [1.165, 1.54) is 9.58 Å². The van der Waals surface area contributed by atoms with Gasteiger partial charge in [0.25, 0.3) is 0 Å². The van der Waals surface area contributed by atoms with E-state index in [-0.39, 0.29) is 29.8 Å². The zero-order chi connectivity index (χ0) is 20.8. The van der Waals surface area contributed by atoms with Crippen LogP contribution in [-0.2, 0) is 11.3 Å². The minimum absolute atomic E-state index is 0.0607. The lowest BCUT2D eigenvalue weighted by atomic mass is 10.1. The number of alkyl halides is 1. The molecule has 6 nitrogen and oxygen atoms in total. The molecule has 1 aromatic carbocycles. The predicted molar refractivity (Wildman–Crippen MR) is 112 cm³/mol. The molecule has 4 N–H and O–H groups in total. The molecule has 8 heteroatoms. The maximum Gasteiger partial charge on any atom is 0.244 e. The van der Waals surface area contributed by atoms with Gasteiger partial charge in [0, 0.05) is 6.54 Å². The normalized spacial score (nSPS) is 17.0. The van der Waals surface area contributed by atoms with Gasteiger partial charge in [-0.3, -0.25) is 4.79 Å². The largest absolute Gasteiger partial charge is 0.397 e. The first-order valence-corrected chi connectivity index (χ1v) is 9.72. The van der Waals surface area contributed by atoms with Crippen molar-refractivity contribution in [2.45, 2.75) is 39.9 Å². The van der Waals surface area contributed by atoms with E-state index >= 15 is 0 Å². The van der Waals surface area contributed by atoms with Crippen LogP contribution in [0.5, 0.6) is 0 Å². The first-order valence-electron chi connectivity index (χ1n) is 9.34. The van der Waals surface area contributed by atoms with Crippen LogP contribution in [0.25, 0.3) is 10.7 Å². The number of carbonyl (C=O) groups excluding carboxylic acids is 1. The topological polar surface area (TPSA) is 90.2 Å². The summed E-state index contributed by atoms with van der Waals surface area (Å²) in [6.45, 7) is 6.22. The Morgan fingerprint density at radius 3 is 2.54 bits per heavy atom. The van der Waals surface area contributed by atoms with Crippen LogP contribution in [-0.4, -0.2) is 39.8 Å². The molecule has 2 heterocycles. The van der Waals surface area contributed by atoms with Gasteiger partial charge in [0.2, 0.25) is 5.91 Å². The molecular weight excluding hydrogens is 381 g/mol. The van der Waals surface area contributed by atoms with E-state index in [0.29, 0.717) is 29.9 Å². The highest BCUT2D eigenvalue weighted by molar-refractivity contribution is 6.53. The zero-order valence-corrected chi connectivity index (χ0v) is 17.2. The van der Waals surface area contributed by atoms with Gasteiger partial charge in [0.15, 0.2) is 0 Å². The number of benzene rings is 1. The second-order valence-corrected chi connectivity index (χ2v) is 6.70. The van der Waals surface area contributed by atoms with Crippen LogP contribution >= 0.6 is 11.6 Å². The Kier molecular flexibility index (Phi) is 7.45. The minimum atomic E-state index is -0.964. The molecular formula is C20H27ClFN5O. The molecule has 3 rings (SSSR count). The SMILES string of the molecule is CC.Cc1nn(CC(=O)N2CCC(F)C2)c(N)c1/C(Cl)=C(\N)c1ccccc1. The van der Waals surface area contributed by atoms with Crippen LogP contribution in [0.1, 0.15) is 37.1 Å². The molecule has 152 valence electrons. The first kappa shape index (κ1) is 21.8. The highest BCUT2D eigenvalue weighted by Gasteiger charge is 2.27. The van der Waals surface area contributed by atoms with Crippen molar-refractivity contribution >= 4 is 34.1 Å². The van der Waals surface area contributed by atoms with Gasteiger partial charge >= 0.3 is 0 Å². The Morgan fingerprint density at radius 2 is 1.96 bits per heavy atom. The Balaban J connectivity index is 0.00000136. The quantitative estimate of drug-likeness (QED) is 0.812. The van der Waals surface area contributed by atoms with Crippen molar-refractivity contribution in [3.8, 4) is 0 Å². The van der Waals surface area contributed by atoms with E-state index in [4.69, 9.17) is 23.1 Å². The highest BCUT2D eigenvalue weighted by atomic mass is 35.5. The van der Waals surface area contributed by atoms with E-state index in [0.717, 1.165) is 5.56 Å². The van der Waals surface area contributed by atoms with Crippen LogP contribution < -0.4 is 11.5 Å². The van der Waals surface area contributed by atoms with Crippen molar-refractivity contribution in [1.29, 1.82) is 0 Å². The number of rotatable bonds is 4. The molecule has 28 heavy (non-hydrogen) atoms. The summed E-state index contributed by atoms with van der Waals surface area (Å²) in [6, 6.07) is 9.29. The fourth-order valence-electron chi connectivity index (χ4n) is 3.04. The molecule has 0 bridgehead atoms. The maximum absolute atomic E-state index is 13.3. The van der Waals surface area contributed by atoms with Crippen molar-refractivity contribution in [2.75, 3.05) is 18.8 Å². The van der Waals surface area contributed by atoms with Crippen LogP contribution in [0.3, 0.4) is 0 Å². The summed E-state index contributed by atoms with van der Waals surface area (Å²) in [5.74, 6) is 0.0396. The second-order valence-electron chi connectivity index (χ2n) is 6.32. The Labute approximate surface area is 169 Å². The number of halogens is 2. The molecule has 1 aliphatic heterocycles. The summed E-state index contributed by atoms with van der Waals surface area (Å²) in [7, 11) is 0. The lowest BCUT2D eigenvalue weighted by molar-refractivity contribution is -0.131. The van der Waals surface area contributed by atoms with Gasteiger partial charge in [-0.2, -0.15) is 5.10 Å². The fraction of sp³-hybridized carbons (Fsp3) is 0.400. The van der Waals surface area contributed by atoms with Gasteiger partial charge in [0.05, 0.1) is 28.5 Å². The fourth-order valence-corrected chi connectivity index (χ4v) is 3.39.